The monoisotopic (exact) mass is 423 g/mol. The van der Waals surface area contributed by atoms with E-state index < -0.39 is 6.10 Å². The predicted molar refractivity (Wildman–Crippen MR) is 125 cm³/mol. The Kier molecular flexibility index (Phi) is 7.55. The van der Waals surface area contributed by atoms with Crippen LogP contribution < -0.4 is 19.9 Å². The van der Waals surface area contributed by atoms with Gasteiger partial charge >= 0.3 is 0 Å². The fourth-order valence-electron chi connectivity index (χ4n) is 3.85. The van der Waals surface area contributed by atoms with Crippen LogP contribution in [-0.4, -0.2) is 44.1 Å². The number of benzene rings is 2. The molecule has 2 aromatic carbocycles. The molecule has 1 aliphatic rings. The number of carbonyl (C=O) groups excluding carboxylic acids is 2. The Hall–Kier alpha value is -3.02. The van der Waals surface area contributed by atoms with Gasteiger partial charge in [0.2, 0.25) is 5.91 Å². The molecule has 0 saturated carbocycles. The second-order valence-electron chi connectivity index (χ2n) is 8.03. The number of aryl methyl sites for hydroxylation is 2. The molecule has 31 heavy (non-hydrogen) atoms. The summed E-state index contributed by atoms with van der Waals surface area (Å²) >= 11 is 0. The van der Waals surface area contributed by atoms with Gasteiger partial charge < -0.3 is 15.0 Å². The van der Waals surface area contributed by atoms with Crippen molar-refractivity contribution in [3.05, 3.63) is 53.6 Å². The van der Waals surface area contributed by atoms with Gasteiger partial charge in [-0.15, -0.1) is 0 Å². The zero-order chi connectivity index (χ0) is 22.4. The highest BCUT2D eigenvalue weighted by Gasteiger charge is 2.34. The molecule has 0 radical (unpaired) electrons. The molecule has 6 heteroatoms. The molecule has 2 aromatic rings. The Balaban J connectivity index is 1.55. The summed E-state index contributed by atoms with van der Waals surface area (Å²) in [6.07, 6.45) is 0.851. The molecular formula is C25H33N3O3. The lowest BCUT2D eigenvalue weighted by atomic mass is 10.1. The summed E-state index contributed by atoms with van der Waals surface area (Å²) in [4.78, 5) is 29.3. The van der Waals surface area contributed by atoms with E-state index in [1.807, 2.05) is 32.0 Å². The van der Waals surface area contributed by atoms with Crippen molar-refractivity contribution in [3.63, 3.8) is 0 Å². The van der Waals surface area contributed by atoms with Crippen LogP contribution in [0.1, 0.15) is 37.8 Å². The minimum absolute atomic E-state index is 0.00448. The number of nitrogens with zero attached hydrogens (tertiary/aromatic N) is 2. The summed E-state index contributed by atoms with van der Waals surface area (Å²) in [5, 5.41) is 2.97. The minimum Gasteiger partial charge on any atom is -0.478 e. The molecule has 0 fully saturated rings. The number of amides is 2. The summed E-state index contributed by atoms with van der Waals surface area (Å²) < 4.78 is 5.82. The molecule has 1 N–H and O–H groups in total. The van der Waals surface area contributed by atoms with Crippen molar-refractivity contribution < 1.29 is 14.3 Å². The van der Waals surface area contributed by atoms with Crippen molar-refractivity contribution in [3.8, 4) is 5.75 Å². The number of nitrogens with one attached hydrogen (secondary N) is 1. The van der Waals surface area contributed by atoms with Gasteiger partial charge in [-0.05, 0) is 69.0 Å². The maximum Gasteiger partial charge on any atom is 0.268 e. The molecule has 1 aliphatic heterocycles. The Labute approximate surface area is 185 Å². The molecule has 0 spiro atoms. The van der Waals surface area contributed by atoms with Crippen molar-refractivity contribution in [2.45, 2.75) is 46.6 Å². The van der Waals surface area contributed by atoms with E-state index in [0.29, 0.717) is 24.4 Å². The van der Waals surface area contributed by atoms with Gasteiger partial charge in [-0.3, -0.25) is 14.5 Å². The molecule has 0 unspecified atom stereocenters. The molecule has 0 aliphatic carbocycles. The van der Waals surface area contributed by atoms with Crippen LogP contribution in [0.25, 0.3) is 0 Å². The van der Waals surface area contributed by atoms with E-state index in [1.165, 1.54) is 11.3 Å². The summed E-state index contributed by atoms with van der Waals surface area (Å²) in [6, 6.07) is 14.2. The third-order valence-corrected chi connectivity index (χ3v) is 5.56. The molecule has 1 heterocycles. The van der Waals surface area contributed by atoms with Crippen molar-refractivity contribution in [2.24, 2.45) is 0 Å². The van der Waals surface area contributed by atoms with E-state index in [-0.39, 0.29) is 18.4 Å². The third kappa shape index (κ3) is 5.57. The molecule has 0 saturated heterocycles. The van der Waals surface area contributed by atoms with Gasteiger partial charge in [-0.25, -0.2) is 0 Å². The van der Waals surface area contributed by atoms with Crippen LogP contribution in [0.2, 0.25) is 0 Å². The van der Waals surface area contributed by atoms with Gasteiger partial charge in [0, 0.05) is 25.3 Å². The zero-order valence-corrected chi connectivity index (χ0v) is 19.0. The summed E-state index contributed by atoms with van der Waals surface area (Å²) in [5.74, 6) is 0.338. The van der Waals surface area contributed by atoms with Crippen LogP contribution in [0.15, 0.2) is 42.5 Å². The molecule has 3 rings (SSSR count). The lowest BCUT2D eigenvalue weighted by molar-refractivity contribution is -0.129. The number of hydrogen-bond acceptors (Lipinski definition) is 4. The van der Waals surface area contributed by atoms with Crippen LogP contribution in [0.4, 0.5) is 11.4 Å². The highest BCUT2D eigenvalue weighted by Crippen LogP contribution is 2.35. The first-order valence-electron chi connectivity index (χ1n) is 11.1. The van der Waals surface area contributed by atoms with Gasteiger partial charge in [0.25, 0.3) is 5.91 Å². The average Bonchev–Trinajstić information content (AvgIpc) is 2.75. The maximum atomic E-state index is 12.8. The Morgan fingerprint density at radius 2 is 1.90 bits per heavy atom. The number of carbonyl (C=O) groups is 2. The topological polar surface area (TPSA) is 61.9 Å². The van der Waals surface area contributed by atoms with Crippen molar-refractivity contribution in [1.29, 1.82) is 0 Å². The summed E-state index contributed by atoms with van der Waals surface area (Å²) in [5.41, 5.74) is 4.12. The largest absolute Gasteiger partial charge is 0.478 e. The predicted octanol–water partition coefficient (Wildman–Crippen LogP) is 3.84. The Bertz CT molecular complexity index is 928. The van der Waals surface area contributed by atoms with Crippen molar-refractivity contribution in [2.75, 3.05) is 36.0 Å². The number of anilines is 2. The highest BCUT2D eigenvalue weighted by atomic mass is 16.5. The third-order valence-electron chi connectivity index (χ3n) is 5.56. The average molecular weight is 424 g/mol. The zero-order valence-electron chi connectivity index (χ0n) is 19.0. The number of fused-ring (bicyclic) bond motifs is 1. The number of hydrogen-bond donors (Lipinski definition) is 1. The molecular weight excluding hydrogens is 390 g/mol. The maximum absolute atomic E-state index is 12.8. The quantitative estimate of drug-likeness (QED) is 0.623. The smallest absolute Gasteiger partial charge is 0.268 e. The first-order chi connectivity index (χ1) is 14.9. The van der Waals surface area contributed by atoms with E-state index in [9.17, 15) is 9.59 Å². The van der Waals surface area contributed by atoms with Gasteiger partial charge in [-0.2, -0.15) is 0 Å². The summed E-state index contributed by atoms with van der Waals surface area (Å²) in [7, 11) is 0. The second kappa shape index (κ2) is 10.3. The van der Waals surface area contributed by atoms with Gasteiger partial charge in [0.1, 0.15) is 12.3 Å². The Morgan fingerprint density at radius 3 is 2.61 bits per heavy atom. The molecule has 0 bridgehead atoms. The fraction of sp³-hybridized carbons (Fsp3) is 0.440. The van der Waals surface area contributed by atoms with Crippen LogP contribution in [0.5, 0.6) is 5.75 Å². The van der Waals surface area contributed by atoms with E-state index in [0.717, 1.165) is 25.1 Å². The van der Waals surface area contributed by atoms with Crippen molar-refractivity contribution in [1.82, 2.24) is 5.32 Å². The SMILES string of the molecule is CC[C@H]1Oc2ccc(C)cc2N(CC(=O)NCCCN(CC)c2cccc(C)c2)C1=O. The van der Waals surface area contributed by atoms with E-state index >= 15 is 0 Å². The highest BCUT2D eigenvalue weighted by molar-refractivity contribution is 6.03. The molecule has 2 amide bonds. The fourth-order valence-corrected chi connectivity index (χ4v) is 3.85. The molecule has 166 valence electrons. The molecule has 1 atom stereocenters. The number of ether oxygens (including phenoxy) is 1. The molecule has 0 aromatic heterocycles. The van der Waals surface area contributed by atoms with Gasteiger partial charge in [0.05, 0.1) is 5.69 Å². The first kappa shape index (κ1) is 22.7. The summed E-state index contributed by atoms with van der Waals surface area (Å²) in [6.45, 7) is 10.4. The van der Waals surface area contributed by atoms with Crippen LogP contribution in [-0.2, 0) is 9.59 Å². The van der Waals surface area contributed by atoms with Crippen LogP contribution in [0, 0.1) is 13.8 Å². The van der Waals surface area contributed by atoms with Gasteiger partial charge in [0.15, 0.2) is 6.10 Å². The standard InChI is InChI=1S/C25H33N3O3/c1-5-22-25(30)28(21-16-19(4)11-12-23(21)31-22)17-24(29)26-13-8-14-27(6-2)20-10-7-9-18(3)15-20/h7,9-12,15-16,22H,5-6,8,13-14,17H2,1-4H3,(H,26,29)/t22-/m1/s1. The van der Waals surface area contributed by atoms with E-state index in [2.05, 4.69) is 48.3 Å². The van der Waals surface area contributed by atoms with Crippen molar-refractivity contribution >= 4 is 23.2 Å². The van der Waals surface area contributed by atoms with E-state index in [4.69, 9.17) is 4.74 Å². The number of rotatable bonds is 9. The normalized spacial score (nSPS) is 15.3. The van der Waals surface area contributed by atoms with Crippen LogP contribution >= 0.6 is 0 Å². The van der Waals surface area contributed by atoms with Crippen LogP contribution in [0.3, 0.4) is 0 Å². The first-order valence-corrected chi connectivity index (χ1v) is 11.1. The van der Waals surface area contributed by atoms with E-state index in [1.54, 1.807) is 4.90 Å². The second-order valence-corrected chi connectivity index (χ2v) is 8.03. The lowest BCUT2D eigenvalue weighted by Crippen LogP contribution is -2.49. The lowest BCUT2D eigenvalue weighted by Gasteiger charge is -2.34. The Morgan fingerprint density at radius 1 is 1.13 bits per heavy atom. The minimum atomic E-state index is -0.546. The molecule has 6 nitrogen and oxygen atoms in total. The van der Waals surface area contributed by atoms with Gasteiger partial charge in [-0.1, -0.05) is 25.1 Å².